The fraction of sp³-hybridized carbons (Fsp3) is 0.550. The molecule has 0 aromatic heterocycles. The van der Waals surface area contributed by atoms with Gasteiger partial charge < -0.3 is 20.5 Å². The van der Waals surface area contributed by atoms with Gasteiger partial charge in [-0.2, -0.15) is 0 Å². The van der Waals surface area contributed by atoms with Crippen LogP contribution in [-0.4, -0.2) is 42.1 Å². The van der Waals surface area contributed by atoms with Crippen LogP contribution in [0.25, 0.3) is 0 Å². The Bertz CT molecular complexity index is 577. The minimum absolute atomic E-state index is 0.0434. The van der Waals surface area contributed by atoms with Crippen LogP contribution < -0.4 is 10.6 Å². The Morgan fingerprint density at radius 1 is 1.07 bits per heavy atom. The monoisotopic (exact) mass is 378 g/mol. The zero-order chi connectivity index (χ0) is 19.9. The van der Waals surface area contributed by atoms with E-state index < -0.39 is 12.0 Å². The van der Waals surface area contributed by atoms with E-state index >= 15 is 0 Å². The number of hydrogen-bond acceptors (Lipinski definition) is 5. The molecule has 27 heavy (non-hydrogen) atoms. The number of rotatable bonds is 13. The number of amides is 2. The lowest BCUT2D eigenvalue weighted by atomic mass is 10.1. The number of aliphatic hydroxyl groups is 1. The van der Waals surface area contributed by atoms with Gasteiger partial charge in [0.15, 0.2) is 0 Å². The second-order valence-electron chi connectivity index (χ2n) is 6.37. The Kier molecular flexibility index (Phi) is 11.5. The molecule has 1 aromatic rings. The molecule has 7 nitrogen and oxygen atoms in total. The first kappa shape index (κ1) is 22.6. The molecule has 150 valence electrons. The van der Waals surface area contributed by atoms with Crippen molar-refractivity contribution in [3.8, 4) is 0 Å². The number of carbonyl (C=O) groups is 3. The maximum Gasteiger partial charge on any atom is 0.306 e. The molecule has 0 saturated carbocycles. The van der Waals surface area contributed by atoms with Gasteiger partial charge in [-0.3, -0.25) is 14.4 Å². The molecule has 0 saturated heterocycles. The van der Waals surface area contributed by atoms with Crippen LogP contribution in [0, 0.1) is 0 Å². The standard InChI is InChI=1S/C20H30N2O5/c1-16(24)22-18(20(26)21-13-7-2-3-8-14-23)11-12-19(25)27-15-17-9-5-4-6-10-17/h4-6,9-10,18,23H,2-3,7-8,11-15H2,1H3,(H,21,26)(H,22,24). The van der Waals surface area contributed by atoms with Crippen molar-refractivity contribution in [2.75, 3.05) is 13.2 Å². The quantitative estimate of drug-likeness (QED) is 0.358. The summed E-state index contributed by atoms with van der Waals surface area (Å²) in [6, 6.07) is 8.58. The topological polar surface area (TPSA) is 105 Å². The molecule has 0 aliphatic heterocycles. The molecule has 1 atom stereocenters. The number of hydrogen-bond donors (Lipinski definition) is 3. The summed E-state index contributed by atoms with van der Waals surface area (Å²) >= 11 is 0. The second kappa shape index (κ2) is 13.7. The van der Waals surface area contributed by atoms with Crippen molar-refractivity contribution in [2.45, 2.75) is 58.1 Å². The van der Waals surface area contributed by atoms with Crippen molar-refractivity contribution < 1.29 is 24.2 Å². The summed E-state index contributed by atoms with van der Waals surface area (Å²) < 4.78 is 5.20. The highest BCUT2D eigenvalue weighted by Gasteiger charge is 2.20. The van der Waals surface area contributed by atoms with E-state index in [2.05, 4.69) is 10.6 Å². The van der Waals surface area contributed by atoms with E-state index in [0.29, 0.717) is 6.54 Å². The molecule has 2 amide bonds. The summed E-state index contributed by atoms with van der Waals surface area (Å²) in [5.41, 5.74) is 0.892. The van der Waals surface area contributed by atoms with Crippen LogP contribution in [0.4, 0.5) is 0 Å². The van der Waals surface area contributed by atoms with E-state index in [9.17, 15) is 14.4 Å². The third-order valence-electron chi connectivity index (χ3n) is 3.96. The van der Waals surface area contributed by atoms with Crippen LogP contribution >= 0.6 is 0 Å². The molecule has 1 unspecified atom stereocenters. The van der Waals surface area contributed by atoms with Crippen molar-refractivity contribution in [2.24, 2.45) is 0 Å². The third kappa shape index (κ3) is 11.0. The average molecular weight is 378 g/mol. The molecule has 0 radical (unpaired) electrons. The highest BCUT2D eigenvalue weighted by molar-refractivity contribution is 5.87. The molecule has 1 rings (SSSR count). The summed E-state index contributed by atoms with van der Waals surface area (Å²) in [4.78, 5) is 35.5. The van der Waals surface area contributed by atoms with E-state index in [0.717, 1.165) is 31.2 Å². The summed E-state index contributed by atoms with van der Waals surface area (Å²) in [7, 11) is 0. The van der Waals surface area contributed by atoms with Crippen LogP contribution in [0.3, 0.4) is 0 Å². The molecule has 0 fully saturated rings. The van der Waals surface area contributed by atoms with Crippen LogP contribution in [0.15, 0.2) is 30.3 Å². The summed E-state index contributed by atoms with van der Waals surface area (Å²) in [5.74, 6) is -1.04. The SMILES string of the molecule is CC(=O)NC(CCC(=O)OCc1ccccc1)C(=O)NCCCCCCO. The fourth-order valence-electron chi connectivity index (χ4n) is 2.51. The van der Waals surface area contributed by atoms with Gasteiger partial charge in [-0.05, 0) is 24.8 Å². The van der Waals surface area contributed by atoms with Gasteiger partial charge in [0, 0.05) is 26.5 Å². The number of benzene rings is 1. The van der Waals surface area contributed by atoms with E-state index in [-0.39, 0.29) is 37.9 Å². The van der Waals surface area contributed by atoms with Gasteiger partial charge in [0.05, 0.1) is 0 Å². The maximum atomic E-state index is 12.2. The van der Waals surface area contributed by atoms with Gasteiger partial charge in [-0.15, -0.1) is 0 Å². The van der Waals surface area contributed by atoms with Crippen LogP contribution in [0.2, 0.25) is 0 Å². The molecule has 0 heterocycles. The van der Waals surface area contributed by atoms with Gasteiger partial charge in [0.1, 0.15) is 12.6 Å². The highest BCUT2D eigenvalue weighted by Crippen LogP contribution is 2.05. The first-order valence-corrected chi connectivity index (χ1v) is 9.38. The first-order chi connectivity index (χ1) is 13.0. The van der Waals surface area contributed by atoms with Crippen LogP contribution in [0.5, 0.6) is 0 Å². The van der Waals surface area contributed by atoms with Gasteiger partial charge >= 0.3 is 5.97 Å². The smallest absolute Gasteiger partial charge is 0.306 e. The zero-order valence-corrected chi connectivity index (χ0v) is 15.9. The molecule has 0 aliphatic carbocycles. The number of unbranched alkanes of at least 4 members (excludes halogenated alkanes) is 3. The highest BCUT2D eigenvalue weighted by atomic mass is 16.5. The zero-order valence-electron chi connectivity index (χ0n) is 15.9. The molecule has 7 heteroatoms. The van der Waals surface area contributed by atoms with Crippen molar-refractivity contribution in [1.82, 2.24) is 10.6 Å². The molecule has 0 aliphatic rings. The Morgan fingerprint density at radius 3 is 2.44 bits per heavy atom. The lowest BCUT2D eigenvalue weighted by Gasteiger charge is -2.17. The van der Waals surface area contributed by atoms with Crippen molar-refractivity contribution in [3.63, 3.8) is 0 Å². The summed E-state index contributed by atoms with van der Waals surface area (Å²) in [6.07, 6.45) is 3.61. The van der Waals surface area contributed by atoms with Crippen molar-refractivity contribution in [3.05, 3.63) is 35.9 Å². The number of esters is 1. The average Bonchev–Trinajstić information content (AvgIpc) is 2.66. The first-order valence-electron chi connectivity index (χ1n) is 9.38. The normalized spacial score (nSPS) is 11.5. The van der Waals surface area contributed by atoms with E-state index in [1.807, 2.05) is 30.3 Å². The third-order valence-corrected chi connectivity index (χ3v) is 3.96. The molecule has 0 spiro atoms. The largest absolute Gasteiger partial charge is 0.461 e. The molecular formula is C20H30N2O5. The Morgan fingerprint density at radius 2 is 1.78 bits per heavy atom. The molecule has 3 N–H and O–H groups in total. The van der Waals surface area contributed by atoms with Crippen LogP contribution in [-0.2, 0) is 25.7 Å². The van der Waals surface area contributed by atoms with E-state index in [1.165, 1.54) is 6.92 Å². The van der Waals surface area contributed by atoms with Crippen molar-refractivity contribution >= 4 is 17.8 Å². The minimum atomic E-state index is -0.760. The number of ether oxygens (including phenoxy) is 1. The molecule has 0 bridgehead atoms. The van der Waals surface area contributed by atoms with Gasteiger partial charge in [-0.25, -0.2) is 0 Å². The predicted octanol–water partition coefficient (Wildman–Crippen LogP) is 1.68. The van der Waals surface area contributed by atoms with Gasteiger partial charge in [0.25, 0.3) is 0 Å². The fourth-order valence-corrected chi connectivity index (χ4v) is 2.51. The lowest BCUT2D eigenvalue weighted by Crippen LogP contribution is -2.46. The Balaban J connectivity index is 2.34. The lowest BCUT2D eigenvalue weighted by molar-refractivity contribution is -0.145. The Labute approximate surface area is 160 Å². The maximum absolute atomic E-state index is 12.2. The molecule has 1 aromatic carbocycles. The minimum Gasteiger partial charge on any atom is -0.461 e. The summed E-state index contributed by atoms with van der Waals surface area (Å²) in [6.45, 7) is 2.20. The van der Waals surface area contributed by atoms with E-state index in [1.54, 1.807) is 0 Å². The van der Waals surface area contributed by atoms with Gasteiger partial charge in [-0.1, -0.05) is 43.2 Å². The van der Waals surface area contributed by atoms with E-state index in [4.69, 9.17) is 9.84 Å². The number of nitrogens with one attached hydrogen (secondary N) is 2. The molecular weight excluding hydrogens is 348 g/mol. The van der Waals surface area contributed by atoms with Gasteiger partial charge in [0.2, 0.25) is 11.8 Å². The number of carbonyl (C=O) groups excluding carboxylic acids is 3. The summed E-state index contributed by atoms with van der Waals surface area (Å²) in [5, 5.41) is 14.1. The van der Waals surface area contributed by atoms with Crippen molar-refractivity contribution in [1.29, 1.82) is 0 Å². The second-order valence-corrected chi connectivity index (χ2v) is 6.37. The predicted molar refractivity (Wildman–Crippen MR) is 102 cm³/mol. The Hall–Kier alpha value is -2.41. The van der Waals surface area contributed by atoms with Crippen LogP contribution in [0.1, 0.15) is 51.0 Å². The number of aliphatic hydroxyl groups excluding tert-OH is 1.